The summed E-state index contributed by atoms with van der Waals surface area (Å²) in [7, 11) is 1.67. The number of ether oxygens (including phenoxy) is 1. The van der Waals surface area contributed by atoms with Crippen molar-refractivity contribution in [1.29, 1.82) is 0 Å². The van der Waals surface area contributed by atoms with Crippen LogP contribution in [0.25, 0.3) is 5.69 Å². The fourth-order valence-corrected chi connectivity index (χ4v) is 4.13. The molecule has 132 valence electrons. The van der Waals surface area contributed by atoms with E-state index in [0.29, 0.717) is 0 Å². The Balaban J connectivity index is 1.56. The van der Waals surface area contributed by atoms with Crippen LogP contribution in [0.5, 0.6) is 5.75 Å². The van der Waals surface area contributed by atoms with Crippen molar-refractivity contribution < 1.29 is 9.53 Å². The van der Waals surface area contributed by atoms with Crippen molar-refractivity contribution >= 4 is 5.91 Å². The zero-order valence-corrected chi connectivity index (χ0v) is 14.7. The highest BCUT2D eigenvalue weighted by Crippen LogP contribution is 2.33. The zero-order valence-electron chi connectivity index (χ0n) is 14.7. The van der Waals surface area contributed by atoms with Crippen LogP contribution in [0.1, 0.15) is 55.8 Å². The van der Waals surface area contributed by atoms with E-state index in [1.54, 1.807) is 7.11 Å². The molecule has 0 bridgehead atoms. The van der Waals surface area contributed by atoms with E-state index >= 15 is 0 Å². The number of hydrogen-bond acceptors (Lipinski definition) is 3. The highest BCUT2D eigenvalue weighted by molar-refractivity contribution is 5.79. The number of nitrogens with zero attached hydrogens (tertiary/aromatic N) is 2. The Morgan fingerprint density at radius 1 is 1.16 bits per heavy atom. The van der Waals surface area contributed by atoms with Crippen molar-refractivity contribution in [3.05, 3.63) is 41.7 Å². The minimum absolute atomic E-state index is 0.101. The topological polar surface area (TPSA) is 56.1 Å². The summed E-state index contributed by atoms with van der Waals surface area (Å²) in [5.41, 5.74) is 3.42. The largest absolute Gasteiger partial charge is 0.497 e. The first-order valence-electron chi connectivity index (χ1n) is 9.28. The number of amides is 1. The number of nitrogens with one attached hydrogen (secondary N) is 1. The molecule has 0 aliphatic heterocycles. The molecule has 1 N–H and O–H groups in total. The molecule has 0 saturated heterocycles. The van der Waals surface area contributed by atoms with Crippen LogP contribution in [0.4, 0.5) is 0 Å². The number of hydrogen-bond donors (Lipinski definition) is 1. The molecule has 0 spiro atoms. The fourth-order valence-electron chi connectivity index (χ4n) is 4.13. The first-order valence-corrected chi connectivity index (χ1v) is 9.28. The lowest BCUT2D eigenvalue weighted by molar-refractivity contribution is -0.125. The second kappa shape index (κ2) is 6.90. The second-order valence-electron chi connectivity index (χ2n) is 7.09. The van der Waals surface area contributed by atoms with Gasteiger partial charge in [-0.25, -0.2) is 4.68 Å². The Morgan fingerprint density at radius 2 is 1.92 bits per heavy atom. The number of carbonyl (C=O) groups is 1. The Hall–Kier alpha value is -2.30. The van der Waals surface area contributed by atoms with Crippen LogP contribution >= 0.6 is 0 Å². The average Bonchev–Trinajstić information content (AvgIpc) is 3.32. The first kappa shape index (κ1) is 16.2. The van der Waals surface area contributed by atoms with Gasteiger partial charge in [0, 0.05) is 17.2 Å². The van der Waals surface area contributed by atoms with E-state index in [2.05, 4.69) is 10.4 Å². The smallest absolute Gasteiger partial charge is 0.223 e. The van der Waals surface area contributed by atoms with Gasteiger partial charge in [0.15, 0.2) is 0 Å². The second-order valence-corrected chi connectivity index (χ2v) is 7.09. The summed E-state index contributed by atoms with van der Waals surface area (Å²) < 4.78 is 7.23. The minimum Gasteiger partial charge on any atom is -0.497 e. The van der Waals surface area contributed by atoms with E-state index in [-0.39, 0.29) is 17.9 Å². The summed E-state index contributed by atoms with van der Waals surface area (Å²) in [4.78, 5) is 12.5. The molecule has 5 heteroatoms. The van der Waals surface area contributed by atoms with Crippen LogP contribution in [0.3, 0.4) is 0 Å². The van der Waals surface area contributed by atoms with Crippen molar-refractivity contribution in [3.63, 3.8) is 0 Å². The summed E-state index contributed by atoms with van der Waals surface area (Å²) in [5.74, 6) is 1.28. The third kappa shape index (κ3) is 3.15. The Kier molecular flexibility index (Phi) is 4.47. The third-order valence-corrected chi connectivity index (χ3v) is 5.54. The molecule has 1 aromatic carbocycles. The normalized spacial score (nSPS) is 20.3. The van der Waals surface area contributed by atoms with E-state index < -0.39 is 0 Å². The minimum atomic E-state index is 0.101. The van der Waals surface area contributed by atoms with Crippen LogP contribution in [0.15, 0.2) is 30.5 Å². The molecule has 2 aliphatic carbocycles. The third-order valence-electron chi connectivity index (χ3n) is 5.54. The summed E-state index contributed by atoms with van der Waals surface area (Å²) >= 11 is 0. The van der Waals surface area contributed by atoms with Crippen molar-refractivity contribution in [1.82, 2.24) is 15.1 Å². The quantitative estimate of drug-likeness (QED) is 0.926. The van der Waals surface area contributed by atoms with Gasteiger partial charge in [0.1, 0.15) is 5.75 Å². The lowest BCUT2D eigenvalue weighted by Crippen LogP contribution is -2.34. The molecule has 5 nitrogen and oxygen atoms in total. The Labute approximate surface area is 148 Å². The number of benzene rings is 1. The molecule has 1 heterocycles. The van der Waals surface area contributed by atoms with Crippen molar-refractivity contribution in [2.24, 2.45) is 5.92 Å². The van der Waals surface area contributed by atoms with Gasteiger partial charge in [0.25, 0.3) is 0 Å². The molecule has 1 fully saturated rings. The van der Waals surface area contributed by atoms with E-state index in [1.165, 1.54) is 24.1 Å². The molecule has 1 saturated carbocycles. The number of fused-ring (bicyclic) bond motifs is 1. The predicted molar refractivity (Wildman–Crippen MR) is 95.9 cm³/mol. The highest BCUT2D eigenvalue weighted by atomic mass is 16.5. The number of rotatable bonds is 4. The van der Waals surface area contributed by atoms with E-state index in [9.17, 15) is 4.79 Å². The summed E-state index contributed by atoms with van der Waals surface area (Å²) in [6.45, 7) is 0. The monoisotopic (exact) mass is 339 g/mol. The Morgan fingerprint density at radius 3 is 2.64 bits per heavy atom. The van der Waals surface area contributed by atoms with Gasteiger partial charge in [-0.1, -0.05) is 12.8 Å². The van der Waals surface area contributed by atoms with Gasteiger partial charge in [-0.05, 0) is 56.4 Å². The van der Waals surface area contributed by atoms with Gasteiger partial charge in [0.2, 0.25) is 5.91 Å². The maximum absolute atomic E-state index is 12.5. The maximum Gasteiger partial charge on any atom is 0.223 e. The molecular formula is C20H25N3O2. The van der Waals surface area contributed by atoms with Gasteiger partial charge < -0.3 is 10.1 Å². The van der Waals surface area contributed by atoms with Gasteiger partial charge in [0.05, 0.1) is 25.0 Å². The molecule has 4 rings (SSSR count). The molecule has 2 aromatic rings. The SMILES string of the molecule is COc1ccc(-n2ncc3c2CCC[C@@H]3NC(=O)C2CCCC2)cc1. The number of aromatic nitrogens is 2. The number of methoxy groups -OCH3 is 1. The van der Waals surface area contributed by atoms with Crippen LogP contribution < -0.4 is 10.1 Å². The standard InChI is InChI=1S/C20H25N3O2/c1-25-16-11-9-15(10-12-16)23-19-8-4-7-18(17(19)13-21-23)22-20(24)14-5-2-3-6-14/h9-14,18H,2-8H2,1H3,(H,22,24)/t18-/m0/s1. The molecule has 0 unspecified atom stereocenters. The van der Waals surface area contributed by atoms with Crippen molar-refractivity contribution in [2.45, 2.75) is 51.0 Å². The maximum atomic E-state index is 12.5. The zero-order chi connectivity index (χ0) is 17.2. The van der Waals surface area contributed by atoms with Gasteiger partial charge in [-0.15, -0.1) is 0 Å². The Bertz CT molecular complexity index is 745. The average molecular weight is 339 g/mol. The van der Waals surface area contributed by atoms with Gasteiger partial charge >= 0.3 is 0 Å². The van der Waals surface area contributed by atoms with Crippen LogP contribution in [0.2, 0.25) is 0 Å². The van der Waals surface area contributed by atoms with E-state index in [0.717, 1.165) is 43.5 Å². The summed E-state index contributed by atoms with van der Waals surface area (Å²) in [5, 5.41) is 7.89. The first-order chi connectivity index (χ1) is 12.3. The van der Waals surface area contributed by atoms with E-state index in [1.807, 2.05) is 35.1 Å². The molecule has 0 radical (unpaired) electrons. The summed E-state index contributed by atoms with van der Waals surface area (Å²) in [6, 6.07) is 8.04. The molecular weight excluding hydrogens is 314 g/mol. The van der Waals surface area contributed by atoms with E-state index in [4.69, 9.17) is 4.74 Å². The van der Waals surface area contributed by atoms with Crippen LogP contribution in [-0.4, -0.2) is 22.8 Å². The molecule has 1 amide bonds. The lowest BCUT2D eigenvalue weighted by Gasteiger charge is -2.25. The predicted octanol–water partition coefficient (Wildman–Crippen LogP) is 3.56. The van der Waals surface area contributed by atoms with Crippen molar-refractivity contribution in [2.75, 3.05) is 7.11 Å². The highest BCUT2D eigenvalue weighted by Gasteiger charge is 2.29. The van der Waals surface area contributed by atoms with Crippen molar-refractivity contribution in [3.8, 4) is 11.4 Å². The van der Waals surface area contributed by atoms with Gasteiger partial charge in [-0.3, -0.25) is 4.79 Å². The van der Waals surface area contributed by atoms with Crippen LogP contribution in [-0.2, 0) is 11.2 Å². The van der Waals surface area contributed by atoms with Gasteiger partial charge in [-0.2, -0.15) is 5.10 Å². The fraction of sp³-hybridized carbons (Fsp3) is 0.500. The lowest BCUT2D eigenvalue weighted by atomic mass is 9.92. The molecule has 2 aliphatic rings. The van der Waals surface area contributed by atoms with Crippen LogP contribution in [0, 0.1) is 5.92 Å². The molecule has 25 heavy (non-hydrogen) atoms. The number of carbonyl (C=O) groups excluding carboxylic acids is 1. The molecule has 1 aromatic heterocycles. The molecule has 1 atom stereocenters. The summed E-state index contributed by atoms with van der Waals surface area (Å²) in [6.07, 6.45) is 9.44.